The van der Waals surface area contributed by atoms with Crippen molar-refractivity contribution in [3.63, 3.8) is 0 Å². The molecule has 1 amide bonds. The van der Waals surface area contributed by atoms with Crippen molar-refractivity contribution in [1.82, 2.24) is 5.32 Å². The third kappa shape index (κ3) is 7.74. The number of Topliss-reactive ketones (excluding diaryl/α,β-unsaturated/α-hetero) is 1. The monoisotopic (exact) mass is 702 g/mol. The summed E-state index contributed by atoms with van der Waals surface area (Å²) < 4.78 is 12.1. The topological polar surface area (TPSA) is 104 Å². The summed E-state index contributed by atoms with van der Waals surface area (Å²) in [6, 6.07) is 44.7. The Bertz CT molecular complexity index is 1750. The molecular weight excluding hydrogens is 668 g/mol. The van der Waals surface area contributed by atoms with Crippen LogP contribution in [0.25, 0.3) is 5.53 Å². The number of para-hydroxylation sites is 1. The van der Waals surface area contributed by atoms with Gasteiger partial charge in [-0.15, -0.1) is 0 Å². The number of ketones is 1. The van der Waals surface area contributed by atoms with Crippen LogP contribution in [0, 0.1) is 0 Å². The predicted molar refractivity (Wildman–Crippen MR) is 189 cm³/mol. The first-order valence-electron chi connectivity index (χ1n) is 15.4. The molecule has 48 heavy (non-hydrogen) atoms. The van der Waals surface area contributed by atoms with Gasteiger partial charge in [0.2, 0.25) is 0 Å². The molecule has 0 aliphatic heterocycles. The van der Waals surface area contributed by atoms with E-state index in [4.69, 9.17) is 9.47 Å². The number of amides is 1. The normalized spacial score (nSPS) is 11.7. The number of rotatable bonds is 15. The molecular formula is C39H35BrN4O4. The zero-order valence-corrected chi connectivity index (χ0v) is 28.0. The van der Waals surface area contributed by atoms with Crippen molar-refractivity contribution in [3.05, 3.63) is 178 Å². The van der Waals surface area contributed by atoms with Crippen LogP contribution in [-0.4, -0.2) is 48.7 Å². The van der Waals surface area contributed by atoms with E-state index in [9.17, 15) is 15.1 Å². The maximum atomic E-state index is 14.6. The van der Waals surface area contributed by atoms with Crippen molar-refractivity contribution >= 4 is 39.0 Å². The van der Waals surface area contributed by atoms with Gasteiger partial charge in [0.05, 0.1) is 24.4 Å². The number of anilines is 1. The van der Waals surface area contributed by atoms with Gasteiger partial charge in [-0.1, -0.05) is 133 Å². The summed E-state index contributed by atoms with van der Waals surface area (Å²) in [6.07, 6.45) is 0. The summed E-state index contributed by atoms with van der Waals surface area (Å²) in [6.45, 7) is -0.125. The molecule has 1 atom stereocenters. The predicted octanol–water partition coefficient (Wildman–Crippen LogP) is 6.79. The molecule has 0 saturated heterocycles. The first kappa shape index (κ1) is 34.3. The lowest BCUT2D eigenvalue weighted by Crippen LogP contribution is -2.57. The molecule has 5 aromatic carbocycles. The molecule has 0 spiro atoms. The highest BCUT2D eigenvalue weighted by Gasteiger charge is 2.45. The quantitative estimate of drug-likeness (QED) is 0.0323. The van der Waals surface area contributed by atoms with Crippen LogP contribution < -0.4 is 10.2 Å². The third-order valence-electron chi connectivity index (χ3n) is 7.91. The SMILES string of the molecule is COCN(C(=O)C(=[N+]=[N-])C(=O)[C@H](COCc1ccccc1)NC(c1ccccc1)(c1ccccc1)c1ccccc1)c1ccccc1Br. The molecule has 5 rings (SSSR count). The fourth-order valence-electron chi connectivity index (χ4n) is 5.66. The fraction of sp³-hybridized carbons (Fsp3) is 0.154. The molecule has 0 aromatic heterocycles. The minimum atomic E-state index is -1.16. The highest BCUT2D eigenvalue weighted by Crippen LogP contribution is 2.37. The Morgan fingerprint density at radius 1 is 0.771 bits per heavy atom. The number of ether oxygens (including phenoxy) is 2. The van der Waals surface area contributed by atoms with Crippen LogP contribution in [0.2, 0.25) is 0 Å². The van der Waals surface area contributed by atoms with Gasteiger partial charge in [0.25, 0.3) is 5.78 Å². The number of nitrogens with one attached hydrogen (secondary N) is 1. The zero-order chi connectivity index (χ0) is 33.8. The van der Waals surface area contributed by atoms with Crippen molar-refractivity contribution in [3.8, 4) is 0 Å². The molecule has 0 aliphatic rings. The van der Waals surface area contributed by atoms with Crippen LogP contribution in [0.5, 0.6) is 0 Å². The molecule has 0 heterocycles. The molecule has 0 unspecified atom stereocenters. The summed E-state index contributed by atoms with van der Waals surface area (Å²) in [5.41, 5.74) is 12.5. The first-order chi connectivity index (χ1) is 23.5. The van der Waals surface area contributed by atoms with Gasteiger partial charge in [0.1, 0.15) is 12.8 Å². The number of methoxy groups -OCH3 is 1. The van der Waals surface area contributed by atoms with Crippen molar-refractivity contribution in [2.75, 3.05) is 25.3 Å². The standard InChI is InChI=1S/C39H35BrN4O4/c1-47-28-44(35-25-15-14-24-33(35)40)38(46)36(43-41)37(45)34(27-48-26-29-16-6-2-7-17-29)42-39(30-18-8-3-9-19-30,31-20-10-4-11-21-31)32-22-12-5-13-23-32/h2-25,34,42H,26-28H2,1H3/t34-/m0/s1. The molecule has 1 N–H and O–H groups in total. The number of benzene rings is 5. The van der Waals surface area contributed by atoms with E-state index >= 15 is 0 Å². The maximum absolute atomic E-state index is 14.6. The van der Waals surface area contributed by atoms with E-state index in [0.29, 0.717) is 10.2 Å². The maximum Gasteiger partial charge on any atom is 0.424 e. The molecule has 9 heteroatoms. The van der Waals surface area contributed by atoms with Gasteiger partial charge in [-0.2, -0.15) is 4.79 Å². The van der Waals surface area contributed by atoms with Crippen molar-refractivity contribution in [2.24, 2.45) is 0 Å². The summed E-state index contributed by atoms with van der Waals surface area (Å²) in [7, 11) is 1.43. The van der Waals surface area contributed by atoms with Crippen LogP contribution in [-0.2, 0) is 31.2 Å². The summed E-state index contributed by atoms with van der Waals surface area (Å²) in [5, 5.41) is 3.62. The number of halogens is 1. The molecule has 0 saturated carbocycles. The van der Waals surface area contributed by atoms with Crippen LogP contribution in [0.3, 0.4) is 0 Å². The smallest absolute Gasteiger partial charge is 0.375 e. The van der Waals surface area contributed by atoms with Crippen molar-refractivity contribution in [1.29, 1.82) is 0 Å². The molecule has 8 nitrogen and oxygen atoms in total. The Labute approximate surface area is 288 Å². The minimum Gasteiger partial charge on any atom is -0.375 e. The van der Waals surface area contributed by atoms with Crippen molar-refractivity contribution in [2.45, 2.75) is 18.2 Å². The van der Waals surface area contributed by atoms with Gasteiger partial charge in [-0.05, 0) is 50.3 Å². The van der Waals surface area contributed by atoms with Gasteiger partial charge in [-0.25, -0.2) is 0 Å². The molecule has 0 radical (unpaired) electrons. The number of nitrogens with zero attached hydrogens (tertiary/aromatic N) is 3. The zero-order valence-electron chi connectivity index (χ0n) is 26.4. The number of hydrogen-bond donors (Lipinski definition) is 1. The molecule has 0 fully saturated rings. The van der Waals surface area contributed by atoms with E-state index < -0.39 is 29.0 Å². The van der Waals surface area contributed by atoms with E-state index in [1.807, 2.05) is 121 Å². The fourth-order valence-corrected chi connectivity index (χ4v) is 6.15. The van der Waals surface area contributed by atoms with Crippen LogP contribution in [0.1, 0.15) is 22.3 Å². The van der Waals surface area contributed by atoms with Gasteiger partial charge in [-0.3, -0.25) is 19.8 Å². The summed E-state index contributed by atoms with van der Waals surface area (Å²) >= 11 is 3.48. The van der Waals surface area contributed by atoms with Gasteiger partial charge < -0.3 is 15.0 Å². The highest BCUT2D eigenvalue weighted by molar-refractivity contribution is 9.10. The van der Waals surface area contributed by atoms with Gasteiger partial charge >= 0.3 is 11.6 Å². The second-order valence-corrected chi connectivity index (χ2v) is 11.8. The minimum absolute atomic E-state index is 0.145. The summed E-state index contributed by atoms with van der Waals surface area (Å²) in [4.78, 5) is 33.2. The number of carbonyl (C=O) groups is 2. The van der Waals surface area contributed by atoms with Crippen LogP contribution >= 0.6 is 15.9 Å². The van der Waals surface area contributed by atoms with E-state index in [2.05, 4.69) is 26.0 Å². The van der Waals surface area contributed by atoms with E-state index in [1.165, 1.54) is 12.0 Å². The van der Waals surface area contributed by atoms with Crippen LogP contribution in [0.4, 0.5) is 5.69 Å². The number of hydrogen-bond acceptors (Lipinski definition) is 5. The molecule has 0 aliphatic carbocycles. The van der Waals surface area contributed by atoms with E-state index in [-0.39, 0.29) is 19.9 Å². The second-order valence-electron chi connectivity index (χ2n) is 11.0. The number of carbonyl (C=O) groups excluding carboxylic acids is 2. The lowest BCUT2D eigenvalue weighted by Gasteiger charge is -2.39. The molecule has 0 bridgehead atoms. The average molecular weight is 704 g/mol. The molecule has 5 aromatic rings. The van der Waals surface area contributed by atoms with Crippen molar-refractivity contribution < 1.29 is 23.9 Å². The van der Waals surface area contributed by atoms with Gasteiger partial charge in [0, 0.05) is 11.6 Å². The highest BCUT2D eigenvalue weighted by atomic mass is 79.9. The average Bonchev–Trinajstić information content (AvgIpc) is 3.14. The molecule has 242 valence electrons. The second kappa shape index (κ2) is 16.7. The Morgan fingerprint density at radius 2 is 1.25 bits per heavy atom. The summed E-state index contributed by atoms with van der Waals surface area (Å²) in [5.74, 6) is -1.59. The Hall–Kier alpha value is -5.02. The Kier molecular flexibility index (Phi) is 11.9. The Balaban J connectivity index is 1.62. The van der Waals surface area contributed by atoms with Crippen LogP contribution in [0.15, 0.2) is 150 Å². The Morgan fingerprint density at radius 3 is 1.73 bits per heavy atom. The van der Waals surface area contributed by atoms with Gasteiger partial charge in [0.15, 0.2) is 0 Å². The van der Waals surface area contributed by atoms with E-state index in [0.717, 1.165) is 22.3 Å². The lowest BCUT2D eigenvalue weighted by atomic mass is 9.76. The van der Waals surface area contributed by atoms with E-state index in [1.54, 1.807) is 24.3 Å². The lowest BCUT2D eigenvalue weighted by molar-refractivity contribution is -0.126. The largest absolute Gasteiger partial charge is 0.424 e. The first-order valence-corrected chi connectivity index (χ1v) is 16.2. The third-order valence-corrected chi connectivity index (χ3v) is 8.58.